The third-order valence-corrected chi connectivity index (χ3v) is 4.43. The SMILES string of the molecule is CCCS(=O)(=O)NC(C)C(=O)NC1(CO)CC1. The molecule has 1 aliphatic rings. The Balaban J connectivity index is 2.47. The maximum Gasteiger partial charge on any atom is 0.238 e. The van der Waals surface area contributed by atoms with Crippen molar-refractivity contribution in [2.24, 2.45) is 0 Å². The molecule has 0 radical (unpaired) electrons. The van der Waals surface area contributed by atoms with E-state index in [-0.39, 0.29) is 12.4 Å². The summed E-state index contributed by atoms with van der Waals surface area (Å²) in [4.78, 5) is 11.7. The molecule has 0 aromatic heterocycles. The van der Waals surface area contributed by atoms with E-state index in [2.05, 4.69) is 10.0 Å². The highest BCUT2D eigenvalue weighted by molar-refractivity contribution is 7.89. The number of amides is 1. The first-order valence-electron chi connectivity index (χ1n) is 5.77. The Morgan fingerprint density at radius 3 is 2.47 bits per heavy atom. The van der Waals surface area contributed by atoms with Gasteiger partial charge in [-0.05, 0) is 26.2 Å². The van der Waals surface area contributed by atoms with Crippen molar-refractivity contribution in [2.75, 3.05) is 12.4 Å². The van der Waals surface area contributed by atoms with Gasteiger partial charge in [-0.15, -0.1) is 0 Å². The van der Waals surface area contributed by atoms with Crippen molar-refractivity contribution in [1.29, 1.82) is 0 Å². The molecule has 1 amide bonds. The number of carbonyl (C=O) groups is 1. The van der Waals surface area contributed by atoms with E-state index < -0.39 is 27.5 Å². The Labute approximate surface area is 102 Å². The highest BCUT2D eigenvalue weighted by atomic mass is 32.2. The number of sulfonamides is 1. The van der Waals surface area contributed by atoms with E-state index in [1.54, 1.807) is 6.92 Å². The summed E-state index contributed by atoms with van der Waals surface area (Å²) in [5.41, 5.74) is -0.512. The maximum absolute atomic E-state index is 11.7. The van der Waals surface area contributed by atoms with E-state index in [1.165, 1.54) is 6.92 Å². The van der Waals surface area contributed by atoms with Crippen LogP contribution in [0.25, 0.3) is 0 Å². The summed E-state index contributed by atoms with van der Waals surface area (Å²) in [6.07, 6.45) is 1.98. The Bertz CT molecular complexity index is 376. The van der Waals surface area contributed by atoms with Crippen molar-refractivity contribution in [3.63, 3.8) is 0 Å². The lowest BCUT2D eigenvalue weighted by Gasteiger charge is -2.19. The molecule has 100 valence electrons. The molecule has 0 heterocycles. The highest BCUT2D eigenvalue weighted by Crippen LogP contribution is 2.34. The second kappa shape index (κ2) is 5.32. The largest absolute Gasteiger partial charge is 0.394 e. The molecule has 0 aromatic rings. The molecule has 1 saturated carbocycles. The molecule has 0 saturated heterocycles. The molecule has 3 N–H and O–H groups in total. The summed E-state index contributed by atoms with van der Waals surface area (Å²) in [6.45, 7) is 3.15. The van der Waals surface area contributed by atoms with Gasteiger partial charge < -0.3 is 10.4 Å². The zero-order valence-electron chi connectivity index (χ0n) is 10.2. The standard InChI is InChI=1S/C10H20N2O4S/c1-3-6-17(15,16)12-8(2)9(14)11-10(7-13)4-5-10/h8,12-13H,3-7H2,1-2H3,(H,11,14). The van der Waals surface area contributed by atoms with E-state index in [4.69, 9.17) is 5.11 Å². The number of nitrogens with one attached hydrogen (secondary N) is 2. The van der Waals surface area contributed by atoms with Crippen molar-refractivity contribution in [1.82, 2.24) is 10.0 Å². The Morgan fingerprint density at radius 2 is 2.06 bits per heavy atom. The summed E-state index contributed by atoms with van der Waals surface area (Å²) < 4.78 is 25.2. The third-order valence-electron chi connectivity index (χ3n) is 2.77. The first-order chi connectivity index (χ1) is 7.84. The van der Waals surface area contributed by atoms with Crippen LogP contribution in [0.15, 0.2) is 0 Å². The molecule has 0 aromatic carbocycles. The van der Waals surface area contributed by atoms with Crippen LogP contribution < -0.4 is 10.0 Å². The van der Waals surface area contributed by atoms with Crippen LogP contribution in [-0.4, -0.2) is 43.4 Å². The molecule has 1 rings (SSSR count). The lowest BCUT2D eigenvalue weighted by molar-refractivity contribution is -0.123. The van der Waals surface area contributed by atoms with Gasteiger partial charge in [-0.25, -0.2) is 13.1 Å². The Hall–Kier alpha value is -0.660. The predicted octanol–water partition coefficient (Wildman–Crippen LogP) is -0.655. The van der Waals surface area contributed by atoms with Crippen LogP contribution in [0.1, 0.15) is 33.1 Å². The molecule has 0 bridgehead atoms. The van der Waals surface area contributed by atoms with Crippen LogP contribution in [-0.2, 0) is 14.8 Å². The number of rotatable bonds is 7. The van der Waals surface area contributed by atoms with Gasteiger partial charge in [0.15, 0.2) is 0 Å². The molecular weight excluding hydrogens is 244 g/mol. The zero-order valence-corrected chi connectivity index (χ0v) is 11.0. The molecule has 6 nitrogen and oxygen atoms in total. The first-order valence-corrected chi connectivity index (χ1v) is 7.42. The number of carbonyl (C=O) groups excluding carboxylic acids is 1. The molecule has 0 aliphatic heterocycles. The lowest BCUT2D eigenvalue weighted by Crippen LogP contribution is -2.50. The Morgan fingerprint density at radius 1 is 1.47 bits per heavy atom. The maximum atomic E-state index is 11.7. The van der Waals surface area contributed by atoms with Gasteiger partial charge in [0.2, 0.25) is 15.9 Å². The van der Waals surface area contributed by atoms with Crippen LogP contribution in [0.3, 0.4) is 0 Å². The molecule has 1 unspecified atom stereocenters. The van der Waals surface area contributed by atoms with Crippen LogP contribution in [0, 0.1) is 0 Å². The van der Waals surface area contributed by atoms with Crippen molar-refractivity contribution < 1.29 is 18.3 Å². The smallest absolute Gasteiger partial charge is 0.238 e. The van der Waals surface area contributed by atoms with Crippen LogP contribution >= 0.6 is 0 Å². The van der Waals surface area contributed by atoms with Crippen molar-refractivity contribution in [2.45, 2.75) is 44.7 Å². The molecule has 7 heteroatoms. The van der Waals surface area contributed by atoms with Crippen LogP contribution in [0.5, 0.6) is 0 Å². The fourth-order valence-electron chi connectivity index (χ4n) is 1.49. The van der Waals surface area contributed by atoms with Gasteiger partial charge in [-0.1, -0.05) is 6.92 Å². The van der Waals surface area contributed by atoms with E-state index in [0.29, 0.717) is 6.42 Å². The summed E-state index contributed by atoms with van der Waals surface area (Å²) in [6, 6.07) is -0.810. The fraction of sp³-hybridized carbons (Fsp3) is 0.900. The molecule has 1 fully saturated rings. The molecular formula is C10H20N2O4S. The summed E-state index contributed by atoms with van der Waals surface area (Å²) in [5.74, 6) is -0.383. The van der Waals surface area contributed by atoms with Crippen LogP contribution in [0.2, 0.25) is 0 Å². The highest BCUT2D eigenvalue weighted by Gasteiger charge is 2.44. The minimum atomic E-state index is -3.39. The van der Waals surface area contributed by atoms with Gasteiger partial charge in [0.05, 0.1) is 23.9 Å². The van der Waals surface area contributed by atoms with Gasteiger partial charge in [-0.2, -0.15) is 0 Å². The topological polar surface area (TPSA) is 95.5 Å². The number of hydrogen-bond acceptors (Lipinski definition) is 4. The lowest BCUT2D eigenvalue weighted by atomic mass is 10.2. The number of hydrogen-bond donors (Lipinski definition) is 3. The minimum absolute atomic E-state index is 0.00969. The molecule has 1 aliphatic carbocycles. The van der Waals surface area contributed by atoms with Crippen molar-refractivity contribution in [3.05, 3.63) is 0 Å². The van der Waals surface area contributed by atoms with E-state index >= 15 is 0 Å². The number of aliphatic hydroxyl groups excluding tert-OH is 1. The molecule has 1 atom stereocenters. The second-order valence-electron chi connectivity index (χ2n) is 4.59. The monoisotopic (exact) mass is 264 g/mol. The normalized spacial score (nSPS) is 19.7. The predicted molar refractivity (Wildman–Crippen MR) is 63.9 cm³/mol. The van der Waals surface area contributed by atoms with E-state index in [1.807, 2.05) is 0 Å². The minimum Gasteiger partial charge on any atom is -0.394 e. The second-order valence-corrected chi connectivity index (χ2v) is 6.46. The van der Waals surface area contributed by atoms with E-state index in [9.17, 15) is 13.2 Å². The van der Waals surface area contributed by atoms with Gasteiger partial charge in [0.1, 0.15) is 0 Å². The molecule has 17 heavy (non-hydrogen) atoms. The first kappa shape index (κ1) is 14.4. The zero-order chi connectivity index (χ0) is 13.1. The summed E-state index contributed by atoms with van der Waals surface area (Å²) in [5, 5.41) is 11.7. The van der Waals surface area contributed by atoms with E-state index in [0.717, 1.165) is 12.8 Å². The average Bonchev–Trinajstić information content (AvgIpc) is 2.97. The van der Waals surface area contributed by atoms with Gasteiger partial charge in [0.25, 0.3) is 0 Å². The summed E-state index contributed by atoms with van der Waals surface area (Å²) in [7, 11) is -3.39. The van der Waals surface area contributed by atoms with Gasteiger partial charge >= 0.3 is 0 Å². The number of aliphatic hydroxyl groups is 1. The van der Waals surface area contributed by atoms with Crippen LogP contribution in [0.4, 0.5) is 0 Å². The molecule has 0 spiro atoms. The quantitative estimate of drug-likeness (QED) is 0.569. The average molecular weight is 264 g/mol. The van der Waals surface area contributed by atoms with Gasteiger partial charge in [0, 0.05) is 0 Å². The van der Waals surface area contributed by atoms with Crippen molar-refractivity contribution >= 4 is 15.9 Å². The third kappa shape index (κ3) is 4.25. The summed E-state index contributed by atoms with van der Waals surface area (Å²) >= 11 is 0. The van der Waals surface area contributed by atoms with Crippen molar-refractivity contribution in [3.8, 4) is 0 Å². The van der Waals surface area contributed by atoms with Gasteiger partial charge in [-0.3, -0.25) is 4.79 Å². The Kier molecular flexibility index (Phi) is 4.51. The fourth-order valence-corrected chi connectivity index (χ4v) is 2.79.